The number of aromatic nitrogens is 2. The fraction of sp³-hybridized carbons (Fsp3) is 0.143. The molecule has 2 heterocycles. The summed E-state index contributed by atoms with van der Waals surface area (Å²) in [5, 5.41) is 7.16. The van der Waals surface area contributed by atoms with Gasteiger partial charge < -0.3 is 5.32 Å². The first-order valence-corrected chi connectivity index (χ1v) is 11.5. The van der Waals surface area contributed by atoms with E-state index in [-0.39, 0.29) is 17.7 Å². The molecule has 7 nitrogen and oxygen atoms in total. The second-order valence-electron chi connectivity index (χ2n) is 8.42. The average molecular weight is 465 g/mol. The number of amides is 3. The summed E-state index contributed by atoms with van der Waals surface area (Å²) in [7, 11) is 0. The van der Waals surface area contributed by atoms with Crippen molar-refractivity contribution in [2.75, 3.05) is 10.2 Å². The molecule has 0 atom stereocenters. The standard InChI is InChI=1S/C28H24N4O3/c33-26-7-3-8-27(34)32(26)23-15-13-22(14-16-23)30-28(35)25-6-2-1-5-24(25)21-11-9-20(10-12-21)19-31-18-4-17-29-31/h1-2,4-6,9-18H,3,7-8,19H2,(H,30,35). The third kappa shape index (κ3) is 4.89. The fourth-order valence-corrected chi connectivity index (χ4v) is 4.24. The summed E-state index contributed by atoms with van der Waals surface area (Å²) in [6.45, 7) is 0.681. The van der Waals surface area contributed by atoms with Gasteiger partial charge in [0.1, 0.15) is 0 Å². The van der Waals surface area contributed by atoms with Crippen molar-refractivity contribution < 1.29 is 14.4 Å². The molecule has 3 aromatic carbocycles. The molecule has 7 heteroatoms. The van der Waals surface area contributed by atoms with E-state index in [1.54, 1.807) is 36.5 Å². The van der Waals surface area contributed by atoms with Gasteiger partial charge >= 0.3 is 0 Å². The molecule has 1 aliphatic rings. The van der Waals surface area contributed by atoms with Crippen LogP contribution in [0.2, 0.25) is 0 Å². The Morgan fingerprint density at radius 1 is 0.857 bits per heavy atom. The van der Waals surface area contributed by atoms with Gasteiger partial charge in [0.2, 0.25) is 11.8 Å². The van der Waals surface area contributed by atoms with Crippen LogP contribution in [0.1, 0.15) is 35.2 Å². The topological polar surface area (TPSA) is 84.3 Å². The number of hydrogen-bond donors (Lipinski definition) is 1. The van der Waals surface area contributed by atoms with Gasteiger partial charge in [0, 0.05) is 36.5 Å². The third-order valence-electron chi connectivity index (χ3n) is 6.00. The Kier molecular flexibility index (Phi) is 6.22. The van der Waals surface area contributed by atoms with Crippen LogP contribution >= 0.6 is 0 Å². The zero-order valence-corrected chi connectivity index (χ0v) is 19.1. The molecule has 35 heavy (non-hydrogen) atoms. The van der Waals surface area contributed by atoms with E-state index in [2.05, 4.69) is 10.4 Å². The molecule has 5 rings (SSSR count). The Hall–Kier alpha value is -4.52. The van der Waals surface area contributed by atoms with Crippen LogP contribution in [0.15, 0.2) is 91.3 Å². The van der Waals surface area contributed by atoms with Crippen molar-refractivity contribution in [1.82, 2.24) is 9.78 Å². The second kappa shape index (κ2) is 9.77. The van der Waals surface area contributed by atoms with Crippen LogP contribution in [-0.4, -0.2) is 27.5 Å². The molecule has 1 aromatic heterocycles. The lowest BCUT2D eigenvalue weighted by atomic mass is 9.98. The molecule has 0 unspecified atom stereocenters. The summed E-state index contributed by atoms with van der Waals surface area (Å²) < 4.78 is 1.86. The molecule has 4 aromatic rings. The average Bonchev–Trinajstić information content (AvgIpc) is 3.38. The number of anilines is 2. The van der Waals surface area contributed by atoms with Gasteiger partial charge in [0.05, 0.1) is 12.2 Å². The van der Waals surface area contributed by atoms with Gasteiger partial charge in [-0.2, -0.15) is 5.10 Å². The molecule has 174 valence electrons. The van der Waals surface area contributed by atoms with E-state index >= 15 is 0 Å². The fourth-order valence-electron chi connectivity index (χ4n) is 4.24. The van der Waals surface area contributed by atoms with Gasteiger partial charge in [-0.1, -0.05) is 42.5 Å². The molecule has 0 bridgehead atoms. The largest absolute Gasteiger partial charge is 0.322 e. The number of nitrogens with zero attached hydrogens (tertiary/aromatic N) is 3. The van der Waals surface area contributed by atoms with E-state index in [1.807, 2.05) is 59.4 Å². The van der Waals surface area contributed by atoms with Crippen molar-refractivity contribution in [2.45, 2.75) is 25.8 Å². The number of carbonyl (C=O) groups is 3. The number of rotatable bonds is 6. The molecule has 0 aliphatic carbocycles. The summed E-state index contributed by atoms with van der Waals surface area (Å²) in [4.78, 5) is 38.7. The highest BCUT2D eigenvalue weighted by Gasteiger charge is 2.27. The zero-order valence-electron chi connectivity index (χ0n) is 19.1. The lowest BCUT2D eigenvalue weighted by Gasteiger charge is -2.25. The van der Waals surface area contributed by atoms with E-state index < -0.39 is 0 Å². The lowest BCUT2D eigenvalue weighted by Crippen LogP contribution is -2.40. The molecule has 1 aliphatic heterocycles. The van der Waals surface area contributed by atoms with Gasteiger partial charge in [-0.3, -0.25) is 24.0 Å². The number of hydrogen-bond acceptors (Lipinski definition) is 4. The van der Waals surface area contributed by atoms with E-state index in [9.17, 15) is 14.4 Å². The molecule has 0 radical (unpaired) electrons. The summed E-state index contributed by atoms with van der Waals surface area (Å²) in [6.07, 6.45) is 5.00. The molecular formula is C28H24N4O3. The van der Waals surface area contributed by atoms with E-state index in [0.717, 1.165) is 16.7 Å². The van der Waals surface area contributed by atoms with Crippen LogP contribution in [0.4, 0.5) is 11.4 Å². The first-order valence-electron chi connectivity index (χ1n) is 11.5. The molecule has 1 saturated heterocycles. The van der Waals surface area contributed by atoms with E-state index in [4.69, 9.17) is 0 Å². The van der Waals surface area contributed by atoms with Gasteiger partial charge in [-0.25, -0.2) is 0 Å². The van der Waals surface area contributed by atoms with Crippen molar-refractivity contribution in [2.24, 2.45) is 0 Å². The number of piperidine rings is 1. The first kappa shape index (κ1) is 22.3. The van der Waals surface area contributed by atoms with Crippen molar-refractivity contribution in [1.29, 1.82) is 0 Å². The monoisotopic (exact) mass is 464 g/mol. The molecule has 1 fully saturated rings. The highest BCUT2D eigenvalue weighted by Crippen LogP contribution is 2.27. The minimum Gasteiger partial charge on any atom is -0.322 e. The van der Waals surface area contributed by atoms with E-state index in [1.165, 1.54) is 4.90 Å². The maximum atomic E-state index is 13.1. The number of carbonyl (C=O) groups excluding carboxylic acids is 3. The minimum absolute atomic E-state index is 0.192. The summed E-state index contributed by atoms with van der Waals surface area (Å²) in [5.74, 6) is -0.621. The number of benzene rings is 3. The minimum atomic E-state index is -0.237. The van der Waals surface area contributed by atoms with Crippen LogP contribution < -0.4 is 10.2 Å². The van der Waals surface area contributed by atoms with Crippen LogP contribution in [0.3, 0.4) is 0 Å². The predicted molar refractivity (Wildman–Crippen MR) is 134 cm³/mol. The summed E-state index contributed by atoms with van der Waals surface area (Å²) in [5.41, 5.74) is 4.55. The number of imide groups is 1. The van der Waals surface area contributed by atoms with Gasteiger partial charge in [-0.15, -0.1) is 0 Å². The molecule has 3 amide bonds. The molecule has 1 N–H and O–H groups in total. The summed E-state index contributed by atoms with van der Waals surface area (Å²) >= 11 is 0. The van der Waals surface area contributed by atoms with Gasteiger partial charge in [0.25, 0.3) is 5.91 Å². The first-order chi connectivity index (χ1) is 17.1. The Labute approximate surface area is 203 Å². The van der Waals surface area contributed by atoms with Crippen molar-refractivity contribution in [3.05, 3.63) is 102 Å². The predicted octanol–water partition coefficient (Wildman–Crippen LogP) is 4.89. The Morgan fingerprint density at radius 2 is 1.57 bits per heavy atom. The quantitative estimate of drug-likeness (QED) is 0.412. The van der Waals surface area contributed by atoms with Crippen LogP contribution in [0, 0.1) is 0 Å². The Balaban J connectivity index is 1.32. The maximum absolute atomic E-state index is 13.1. The Morgan fingerprint density at radius 3 is 2.26 bits per heavy atom. The van der Waals surface area contributed by atoms with Crippen LogP contribution in [0.5, 0.6) is 0 Å². The van der Waals surface area contributed by atoms with Gasteiger partial charge in [0.15, 0.2) is 0 Å². The third-order valence-corrected chi connectivity index (χ3v) is 6.00. The molecule has 0 saturated carbocycles. The smallest absolute Gasteiger partial charge is 0.256 e. The maximum Gasteiger partial charge on any atom is 0.256 e. The summed E-state index contributed by atoms with van der Waals surface area (Å²) in [6, 6.07) is 24.2. The molecular weight excluding hydrogens is 440 g/mol. The SMILES string of the molecule is O=C(Nc1ccc(N2C(=O)CCCC2=O)cc1)c1ccccc1-c1ccc(Cn2cccn2)cc1. The lowest BCUT2D eigenvalue weighted by molar-refractivity contribution is -0.129. The van der Waals surface area contributed by atoms with Crippen molar-refractivity contribution in [3.63, 3.8) is 0 Å². The van der Waals surface area contributed by atoms with Crippen molar-refractivity contribution >= 4 is 29.1 Å². The highest BCUT2D eigenvalue weighted by molar-refractivity contribution is 6.16. The number of nitrogens with one attached hydrogen (secondary N) is 1. The van der Waals surface area contributed by atoms with Crippen LogP contribution in [0.25, 0.3) is 11.1 Å². The zero-order chi connectivity index (χ0) is 24.2. The van der Waals surface area contributed by atoms with Crippen molar-refractivity contribution in [3.8, 4) is 11.1 Å². The van der Waals surface area contributed by atoms with Gasteiger partial charge in [-0.05, 0) is 59.5 Å². The molecule has 0 spiro atoms. The second-order valence-corrected chi connectivity index (χ2v) is 8.42. The Bertz CT molecular complexity index is 1340. The van der Waals surface area contributed by atoms with E-state index in [0.29, 0.717) is 42.7 Å². The van der Waals surface area contributed by atoms with Crippen LogP contribution in [-0.2, 0) is 16.1 Å². The normalized spacial score (nSPS) is 13.7. The highest BCUT2D eigenvalue weighted by atomic mass is 16.2.